The summed E-state index contributed by atoms with van der Waals surface area (Å²) < 4.78 is 1.01. The van der Waals surface area contributed by atoms with Crippen LogP contribution < -0.4 is 5.32 Å². The van der Waals surface area contributed by atoms with E-state index in [9.17, 15) is 4.79 Å². The van der Waals surface area contributed by atoms with E-state index < -0.39 is 0 Å². The van der Waals surface area contributed by atoms with Gasteiger partial charge in [0.2, 0.25) is 0 Å². The lowest BCUT2D eigenvalue weighted by atomic mass is 10.1. The number of carbonyl (C=O) groups is 1. The monoisotopic (exact) mass is 330 g/mol. The molecular formula is C17H15ClN2OS. The van der Waals surface area contributed by atoms with Crippen LogP contribution in [0, 0.1) is 20.8 Å². The molecule has 1 amide bonds. The minimum Gasteiger partial charge on any atom is -0.298 e. The number of carbonyl (C=O) groups excluding carboxylic acids is 1. The first kappa shape index (κ1) is 15.0. The molecule has 0 bridgehead atoms. The molecule has 3 rings (SSSR count). The van der Waals surface area contributed by atoms with Gasteiger partial charge in [-0.15, -0.1) is 0 Å². The van der Waals surface area contributed by atoms with Crippen LogP contribution >= 0.6 is 22.9 Å². The highest BCUT2D eigenvalue weighted by atomic mass is 35.5. The van der Waals surface area contributed by atoms with Gasteiger partial charge in [0.1, 0.15) is 0 Å². The van der Waals surface area contributed by atoms with Crippen molar-refractivity contribution in [2.75, 3.05) is 5.32 Å². The molecule has 1 heterocycles. The van der Waals surface area contributed by atoms with Crippen molar-refractivity contribution in [3.05, 3.63) is 57.6 Å². The Morgan fingerprint density at radius 2 is 1.95 bits per heavy atom. The van der Waals surface area contributed by atoms with Crippen LogP contribution in [-0.2, 0) is 0 Å². The summed E-state index contributed by atoms with van der Waals surface area (Å²) in [5, 5.41) is 4.16. The number of aryl methyl sites for hydroxylation is 3. The molecule has 3 nitrogen and oxygen atoms in total. The van der Waals surface area contributed by atoms with Gasteiger partial charge >= 0.3 is 0 Å². The first-order valence-corrected chi connectivity index (χ1v) is 8.09. The quantitative estimate of drug-likeness (QED) is 0.708. The van der Waals surface area contributed by atoms with Crippen LogP contribution in [0.15, 0.2) is 30.3 Å². The lowest BCUT2D eigenvalue weighted by molar-refractivity contribution is 0.102. The standard InChI is InChI=1S/C17H15ClN2OS/c1-9-4-5-10(2)12(8-9)16(21)20-17-19-15-11(3)13(18)6-7-14(15)22-17/h4-8H,1-3H3,(H,19,20,21). The largest absolute Gasteiger partial charge is 0.298 e. The first-order chi connectivity index (χ1) is 10.5. The van der Waals surface area contributed by atoms with Gasteiger partial charge in [0, 0.05) is 10.6 Å². The van der Waals surface area contributed by atoms with Gasteiger partial charge in [-0.05, 0) is 50.1 Å². The summed E-state index contributed by atoms with van der Waals surface area (Å²) in [5.41, 5.74) is 4.46. The molecule has 0 aliphatic heterocycles. The van der Waals surface area contributed by atoms with Gasteiger partial charge in [0.15, 0.2) is 5.13 Å². The molecule has 22 heavy (non-hydrogen) atoms. The molecule has 0 fully saturated rings. The molecule has 0 radical (unpaired) electrons. The van der Waals surface area contributed by atoms with E-state index in [1.54, 1.807) is 0 Å². The number of rotatable bonds is 2. The van der Waals surface area contributed by atoms with Crippen LogP contribution in [0.2, 0.25) is 5.02 Å². The van der Waals surface area contributed by atoms with E-state index in [1.807, 2.05) is 51.1 Å². The molecule has 5 heteroatoms. The number of benzene rings is 2. The fourth-order valence-corrected chi connectivity index (χ4v) is 3.37. The Hall–Kier alpha value is -1.91. The molecule has 2 aromatic carbocycles. The predicted octanol–water partition coefficient (Wildman–Crippen LogP) is 5.13. The van der Waals surface area contributed by atoms with Gasteiger partial charge < -0.3 is 0 Å². The fraction of sp³-hybridized carbons (Fsp3) is 0.176. The molecule has 0 aliphatic carbocycles. The molecule has 0 spiro atoms. The Kier molecular flexibility index (Phi) is 3.89. The van der Waals surface area contributed by atoms with E-state index in [0.29, 0.717) is 15.7 Å². The highest BCUT2D eigenvalue weighted by Crippen LogP contribution is 2.31. The molecule has 3 aromatic rings. The molecule has 0 saturated heterocycles. The van der Waals surface area contributed by atoms with E-state index in [-0.39, 0.29) is 5.91 Å². The number of nitrogens with one attached hydrogen (secondary N) is 1. The Morgan fingerprint density at radius 3 is 2.73 bits per heavy atom. The maximum Gasteiger partial charge on any atom is 0.257 e. The molecule has 1 N–H and O–H groups in total. The van der Waals surface area contributed by atoms with Gasteiger partial charge in [-0.1, -0.05) is 40.6 Å². The molecule has 0 aliphatic rings. The number of thiazole rings is 1. The minimum absolute atomic E-state index is 0.135. The van der Waals surface area contributed by atoms with Gasteiger partial charge in [0.05, 0.1) is 10.2 Å². The van der Waals surface area contributed by atoms with Crippen molar-refractivity contribution in [2.24, 2.45) is 0 Å². The van der Waals surface area contributed by atoms with Crippen LogP contribution in [0.5, 0.6) is 0 Å². The summed E-state index contributed by atoms with van der Waals surface area (Å²) in [6.45, 7) is 5.83. The number of amides is 1. The third-order valence-corrected chi connectivity index (χ3v) is 4.95. The third kappa shape index (κ3) is 2.72. The molecule has 0 atom stereocenters. The molecular weight excluding hydrogens is 316 g/mol. The lowest BCUT2D eigenvalue weighted by Crippen LogP contribution is -2.13. The predicted molar refractivity (Wildman–Crippen MR) is 93.2 cm³/mol. The summed E-state index contributed by atoms with van der Waals surface area (Å²) in [7, 11) is 0. The van der Waals surface area contributed by atoms with Crippen LogP contribution in [0.25, 0.3) is 10.2 Å². The SMILES string of the molecule is Cc1ccc(C)c(C(=O)Nc2nc3c(C)c(Cl)ccc3s2)c1. The maximum absolute atomic E-state index is 12.4. The number of hydrogen-bond acceptors (Lipinski definition) is 3. The molecule has 0 unspecified atom stereocenters. The van der Waals surface area contributed by atoms with E-state index in [2.05, 4.69) is 10.3 Å². The maximum atomic E-state index is 12.4. The normalized spacial score (nSPS) is 10.9. The third-order valence-electron chi connectivity index (χ3n) is 3.61. The number of hydrogen-bond donors (Lipinski definition) is 1. The molecule has 112 valence electrons. The molecule has 1 aromatic heterocycles. The highest BCUT2D eigenvalue weighted by molar-refractivity contribution is 7.22. The van der Waals surface area contributed by atoms with Crippen molar-refractivity contribution in [3.63, 3.8) is 0 Å². The summed E-state index contributed by atoms with van der Waals surface area (Å²) >= 11 is 7.57. The minimum atomic E-state index is -0.135. The average Bonchev–Trinajstić information content (AvgIpc) is 2.89. The van der Waals surface area contributed by atoms with Crippen molar-refractivity contribution < 1.29 is 4.79 Å². The summed E-state index contributed by atoms with van der Waals surface area (Å²) in [6, 6.07) is 9.62. The van der Waals surface area contributed by atoms with Gasteiger partial charge in [-0.25, -0.2) is 4.98 Å². The van der Waals surface area contributed by atoms with E-state index in [4.69, 9.17) is 11.6 Å². The van der Waals surface area contributed by atoms with Crippen LogP contribution in [0.1, 0.15) is 27.0 Å². The van der Waals surface area contributed by atoms with Gasteiger partial charge in [0.25, 0.3) is 5.91 Å². The summed E-state index contributed by atoms with van der Waals surface area (Å²) in [6.07, 6.45) is 0. The lowest BCUT2D eigenvalue weighted by Gasteiger charge is -2.06. The summed E-state index contributed by atoms with van der Waals surface area (Å²) in [4.78, 5) is 16.9. The summed E-state index contributed by atoms with van der Waals surface area (Å²) in [5.74, 6) is -0.135. The van der Waals surface area contributed by atoms with Crippen LogP contribution in [0.3, 0.4) is 0 Å². The second kappa shape index (κ2) is 5.71. The van der Waals surface area contributed by atoms with Gasteiger partial charge in [-0.2, -0.15) is 0 Å². The fourth-order valence-electron chi connectivity index (χ4n) is 2.30. The van der Waals surface area contributed by atoms with Crippen molar-refractivity contribution in [1.82, 2.24) is 4.98 Å². The number of anilines is 1. The van der Waals surface area contributed by atoms with Crippen molar-refractivity contribution in [3.8, 4) is 0 Å². The zero-order chi connectivity index (χ0) is 15.9. The Bertz CT molecular complexity index is 886. The number of aromatic nitrogens is 1. The van der Waals surface area contributed by atoms with E-state index in [1.165, 1.54) is 11.3 Å². The second-order valence-electron chi connectivity index (χ2n) is 5.31. The smallest absolute Gasteiger partial charge is 0.257 e. The van der Waals surface area contributed by atoms with E-state index in [0.717, 1.165) is 26.9 Å². The number of nitrogens with zero attached hydrogens (tertiary/aromatic N) is 1. The van der Waals surface area contributed by atoms with Crippen LogP contribution in [-0.4, -0.2) is 10.9 Å². The Morgan fingerprint density at radius 1 is 1.18 bits per heavy atom. The van der Waals surface area contributed by atoms with Crippen molar-refractivity contribution in [1.29, 1.82) is 0 Å². The van der Waals surface area contributed by atoms with Crippen molar-refractivity contribution >= 4 is 44.2 Å². The second-order valence-corrected chi connectivity index (χ2v) is 6.75. The van der Waals surface area contributed by atoms with Gasteiger partial charge in [-0.3, -0.25) is 10.1 Å². The number of halogens is 1. The Labute approximate surface area is 138 Å². The van der Waals surface area contributed by atoms with E-state index >= 15 is 0 Å². The first-order valence-electron chi connectivity index (χ1n) is 6.90. The average molecular weight is 331 g/mol. The van der Waals surface area contributed by atoms with Crippen molar-refractivity contribution in [2.45, 2.75) is 20.8 Å². The molecule has 0 saturated carbocycles. The topological polar surface area (TPSA) is 42.0 Å². The highest BCUT2D eigenvalue weighted by Gasteiger charge is 2.13. The zero-order valence-corrected chi connectivity index (χ0v) is 14.1. The van der Waals surface area contributed by atoms with Crippen LogP contribution in [0.4, 0.5) is 5.13 Å². The number of fused-ring (bicyclic) bond motifs is 1. The Balaban J connectivity index is 1.94. The zero-order valence-electron chi connectivity index (χ0n) is 12.5.